The molecule has 2 unspecified atom stereocenters. The van der Waals surface area contributed by atoms with Gasteiger partial charge < -0.3 is 4.57 Å². The molecule has 0 amide bonds. The van der Waals surface area contributed by atoms with E-state index in [-0.39, 0.29) is 0 Å². The zero-order valence-corrected chi connectivity index (χ0v) is 12.1. The summed E-state index contributed by atoms with van der Waals surface area (Å²) in [5.41, 5.74) is 1.94. The number of halogens is 1. The Kier molecular flexibility index (Phi) is 3.74. The molecule has 4 heteroatoms. The van der Waals surface area contributed by atoms with Crippen molar-refractivity contribution < 1.29 is 0 Å². The third-order valence-corrected chi connectivity index (χ3v) is 4.43. The summed E-state index contributed by atoms with van der Waals surface area (Å²) in [5, 5.41) is 0. The van der Waals surface area contributed by atoms with Gasteiger partial charge in [-0.1, -0.05) is 19.8 Å². The predicted molar refractivity (Wildman–Crippen MR) is 78.2 cm³/mol. The van der Waals surface area contributed by atoms with Crippen LogP contribution in [-0.4, -0.2) is 14.5 Å². The van der Waals surface area contributed by atoms with Crippen molar-refractivity contribution in [2.45, 2.75) is 45.0 Å². The van der Waals surface area contributed by atoms with Gasteiger partial charge in [-0.3, -0.25) is 0 Å². The van der Waals surface area contributed by atoms with E-state index in [1.54, 1.807) is 0 Å². The van der Waals surface area contributed by atoms with E-state index in [0.717, 1.165) is 35.4 Å². The topological polar surface area (TPSA) is 30.7 Å². The third-order valence-electron chi connectivity index (χ3n) is 4.19. The monoisotopic (exact) mass is 277 g/mol. The number of alkyl halides is 1. The molecule has 0 N–H and O–H groups in total. The van der Waals surface area contributed by atoms with E-state index in [4.69, 9.17) is 11.6 Å². The lowest BCUT2D eigenvalue weighted by Gasteiger charge is -2.27. The molecule has 3 nitrogen and oxygen atoms in total. The minimum atomic E-state index is 0.457. The lowest BCUT2D eigenvalue weighted by Crippen LogP contribution is -2.19. The number of aromatic nitrogens is 3. The molecule has 2 heterocycles. The van der Waals surface area contributed by atoms with Crippen LogP contribution in [-0.2, 0) is 12.4 Å². The second-order valence-corrected chi connectivity index (χ2v) is 6.02. The van der Waals surface area contributed by atoms with E-state index in [1.807, 2.05) is 18.3 Å². The molecule has 0 spiro atoms. The van der Waals surface area contributed by atoms with Gasteiger partial charge in [0, 0.05) is 12.7 Å². The van der Waals surface area contributed by atoms with Gasteiger partial charge in [0.1, 0.15) is 11.3 Å². The first-order valence-corrected chi connectivity index (χ1v) is 7.67. The highest BCUT2D eigenvalue weighted by molar-refractivity contribution is 6.16. The lowest BCUT2D eigenvalue weighted by atomic mass is 9.82. The van der Waals surface area contributed by atoms with Crippen LogP contribution in [0.3, 0.4) is 0 Å². The number of nitrogens with zero attached hydrogens (tertiary/aromatic N) is 3. The smallest absolute Gasteiger partial charge is 0.160 e. The fourth-order valence-electron chi connectivity index (χ4n) is 3.28. The number of hydrogen-bond acceptors (Lipinski definition) is 2. The van der Waals surface area contributed by atoms with Gasteiger partial charge in [-0.25, -0.2) is 9.97 Å². The van der Waals surface area contributed by atoms with Crippen molar-refractivity contribution in [3.8, 4) is 0 Å². The summed E-state index contributed by atoms with van der Waals surface area (Å²) in [6.07, 6.45) is 7.19. The van der Waals surface area contributed by atoms with E-state index in [2.05, 4.69) is 21.5 Å². The van der Waals surface area contributed by atoms with Gasteiger partial charge in [0.05, 0.1) is 5.88 Å². The molecule has 102 valence electrons. The van der Waals surface area contributed by atoms with Crippen LogP contribution in [0.1, 0.15) is 38.4 Å². The molecule has 1 saturated carbocycles. The lowest BCUT2D eigenvalue weighted by molar-refractivity contribution is 0.257. The van der Waals surface area contributed by atoms with Gasteiger partial charge in [0.25, 0.3) is 0 Å². The normalized spacial score (nSPS) is 23.9. The van der Waals surface area contributed by atoms with Crippen molar-refractivity contribution in [2.75, 3.05) is 0 Å². The molecule has 1 fully saturated rings. The van der Waals surface area contributed by atoms with Crippen molar-refractivity contribution >= 4 is 22.8 Å². The van der Waals surface area contributed by atoms with Crippen LogP contribution >= 0.6 is 11.6 Å². The van der Waals surface area contributed by atoms with Crippen LogP contribution < -0.4 is 0 Å². The van der Waals surface area contributed by atoms with E-state index in [1.165, 1.54) is 25.7 Å². The summed E-state index contributed by atoms with van der Waals surface area (Å²) in [6.45, 7) is 3.37. The first kappa shape index (κ1) is 12.9. The van der Waals surface area contributed by atoms with Gasteiger partial charge in [0.2, 0.25) is 0 Å². The van der Waals surface area contributed by atoms with Gasteiger partial charge in [-0.2, -0.15) is 0 Å². The molecular formula is C15H20ClN3. The summed E-state index contributed by atoms with van der Waals surface area (Å²) < 4.78 is 2.23. The summed E-state index contributed by atoms with van der Waals surface area (Å²) in [6, 6.07) is 3.94. The first-order chi connectivity index (χ1) is 9.28. The predicted octanol–water partition coefficient (Wildman–Crippen LogP) is 4.00. The number of imidazole rings is 1. The molecule has 3 rings (SSSR count). The number of pyridine rings is 1. The molecule has 2 aromatic heterocycles. The van der Waals surface area contributed by atoms with E-state index in [9.17, 15) is 0 Å². The van der Waals surface area contributed by atoms with Crippen molar-refractivity contribution in [3.05, 3.63) is 24.2 Å². The summed E-state index contributed by atoms with van der Waals surface area (Å²) in [7, 11) is 0. The molecule has 1 aliphatic carbocycles. The standard InChI is InChI=1S/C15H20ClN3/c1-11-4-2-5-12(8-11)10-19-14(9-16)18-13-6-3-7-17-15(13)19/h3,6-7,11-12H,2,4-5,8-10H2,1H3. The largest absolute Gasteiger partial charge is 0.311 e. The van der Waals surface area contributed by atoms with E-state index in [0.29, 0.717) is 5.88 Å². The van der Waals surface area contributed by atoms with Gasteiger partial charge >= 0.3 is 0 Å². The van der Waals surface area contributed by atoms with Gasteiger partial charge in [0.15, 0.2) is 5.65 Å². The van der Waals surface area contributed by atoms with E-state index >= 15 is 0 Å². The van der Waals surface area contributed by atoms with Gasteiger partial charge in [-0.05, 0) is 36.8 Å². The van der Waals surface area contributed by atoms with Crippen molar-refractivity contribution in [1.82, 2.24) is 14.5 Å². The molecular weight excluding hydrogens is 258 g/mol. The van der Waals surface area contributed by atoms with Crippen LogP contribution in [0.15, 0.2) is 18.3 Å². The van der Waals surface area contributed by atoms with Crippen LogP contribution in [0.4, 0.5) is 0 Å². The Morgan fingerprint density at radius 1 is 1.42 bits per heavy atom. The highest BCUT2D eigenvalue weighted by atomic mass is 35.5. The molecule has 2 aromatic rings. The molecule has 0 aromatic carbocycles. The Balaban J connectivity index is 1.90. The zero-order valence-electron chi connectivity index (χ0n) is 11.3. The number of hydrogen-bond donors (Lipinski definition) is 0. The highest BCUT2D eigenvalue weighted by Gasteiger charge is 2.21. The van der Waals surface area contributed by atoms with Crippen LogP contribution in [0.2, 0.25) is 0 Å². The second kappa shape index (κ2) is 5.49. The van der Waals surface area contributed by atoms with Gasteiger partial charge in [-0.15, -0.1) is 11.6 Å². The summed E-state index contributed by atoms with van der Waals surface area (Å²) in [4.78, 5) is 9.06. The average Bonchev–Trinajstić information content (AvgIpc) is 2.77. The second-order valence-electron chi connectivity index (χ2n) is 5.76. The Labute approximate surface area is 119 Å². The van der Waals surface area contributed by atoms with Crippen molar-refractivity contribution in [2.24, 2.45) is 11.8 Å². The minimum Gasteiger partial charge on any atom is -0.311 e. The summed E-state index contributed by atoms with van der Waals surface area (Å²) >= 11 is 6.04. The maximum Gasteiger partial charge on any atom is 0.160 e. The third kappa shape index (κ3) is 2.62. The SMILES string of the molecule is CC1CCCC(Cn2c(CCl)nc3cccnc32)C1. The molecule has 0 aliphatic heterocycles. The highest BCUT2D eigenvalue weighted by Crippen LogP contribution is 2.30. The molecule has 1 aliphatic rings. The Hall–Kier alpha value is -1.09. The fourth-order valence-corrected chi connectivity index (χ4v) is 3.49. The first-order valence-electron chi connectivity index (χ1n) is 7.14. The average molecular weight is 278 g/mol. The van der Waals surface area contributed by atoms with E-state index < -0.39 is 0 Å². The Bertz CT molecular complexity index is 564. The van der Waals surface area contributed by atoms with Crippen LogP contribution in [0.25, 0.3) is 11.2 Å². The fraction of sp³-hybridized carbons (Fsp3) is 0.600. The Morgan fingerprint density at radius 3 is 3.11 bits per heavy atom. The molecule has 0 bridgehead atoms. The maximum atomic E-state index is 6.04. The molecule has 0 saturated heterocycles. The zero-order chi connectivity index (χ0) is 13.2. The van der Waals surface area contributed by atoms with Crippen LogP contribution in [0.5, 0.6) is 0 Å². The summed E-state index contributed by atoms with van der Waals surface area (Å²) in [5.74, 6) is 3.00. The Morgan fingerprint density at radius 2 is 2.32 bits per heavy atom. The molecule has 0 radical (unpaired) electrons. The molecule has 2 atom stereocenters. The number of fused-ring (bicyclic) bond motifs is 1. The maximum absolute atomic E-state index is 6.04. The van der Waals surface area contributed by atoms with Crippen molar-refractivity contribution in [3.63, 3.8) is 0 Å². The van der Waals surface area contributed by atoms with Crippen molar-refractivity contribution in [1.29, 1.82) is 0 Å². The number of rotatable bonds is 3. The minimum absolute atomic E-state index is 0.457. The quantitative estimate of drug-likeness (QED) is 0.794. The van der Waals surface area contributed by atoms with Crippen LogP contribution in [0, 0.1) is 11.8 Å². The molecule has 19 heavy (non-hydrogen) atoms.